The van der Waals surface area contributed by atoms with Crippen LogP contribution in [0.5, 0.6) is 0 Å². The third kappa shape index (κ3) is 5.96. The Labute approximate surface area is 145 Å². The lowest BCUT2D eigenvalue weighted by Crippen LogP contribution is -2.30. The molecule has 0 saturated carbocycles. The van der Waals surface area contributed by atoms with Gasteiger partial charge in [0, 0.05) is 31.6 Å². The van der Waals surface area contributed by atoms with Crippen molar-refractivity contribution in [3.63, 3.8) is 0 Å². The Morgan fingerprint density at radius 2 is 2.21 bits per heavy atom. The number of carbonyl (C=O) groups is 1. The number of hydrogen-bond donors (Lipinski definition) is 1. The Bertz CT molecular complexity index is 649. The molecule has 0 fully saturated rings. The van der Waals surface area contributed by atoms with E-state index >= 15 is 0 Å². The average Bonchev–Trinajstić information content (AvgIpc) is 3.05. The van der Waals surface area contributed by atoms with Crippen LogP contribution in [-0.4, -0.2) is 37.6 Å². The van der Waals surface area contributed by atoms with Crippen molar-refractivity contribution in [2.24, 2.45) is 0 Å². The minimum absolute atomic E-state index is 0.124. The molecule has 1 amide bonds. The molecule has 2 rings (SSSR count). The second kappa shape index (κ2) is 9.42. The molecule has 1 heterocycles. The number of ether oxygens (including phenoxy) is 1. The lowest BCUT2D eigenvalue weighted by molar-refractivity contribution is -0.116. The molecular weight excluding hydrogens is 335 g/mol. The van der Waals surface area contributed by atoms with Gasteiger partial charge in [0.2, 0.25) is 5.91 Å². The number of methoxy groups -OCH3 is 1. The number of halogens is 2. The largest absolute Gasteiger partial charge is 0.468 e. The van der Waals surface area contributed by atoms with Gasteiger partial charge in [-0.2, -0.15) is 0 Å². The summed E-state index contributed by atoms with van der Waals surface area (Å²) in [6, 6.07) is 7.84. The van der Waals surface area contributed by atoms with E-state index in [1.807, 2.05) is 17.0 Å². The van der Waals surface area contributed by atoms with Gasteiger partial charge in [-0.1, -0.05) is 11.6 Å². The molecule has 0 unspecified atom stereocenters. The lowest BCUT2D eigenvalue weighted by Gasteiger charge is -2.20. The van der Waals surface area contributed by atoms with Crippen molar-refractivity contribution in [1.82, 2.24) is 4.90 Å². The van der Waals surface area contributed by atoms with E-state index in [1.54, 1.807) is 13.4 Å². The molecule has 0 aliphatic carbocycles. The second-order valence-electron chi connectivity index (χ2n) is 5.27. The third-order valence-corrected chi connectivity index (χ3v) is 3.67. The van der Waals surface area contributed by atoms with Gasteiger partial charge in [-0.25, -0.2) is 4.39 Å². The molecule has 0 aliphatic rings. The maximum atomic E-state index is 13.7. The fourth-order valence-corrected chi connectivity index (χ4v) is 2.34. The maximum Gasteiger partial charge on any atom is 0.225 e. The van der Waals surface area contributed by atoms with Crippen LogP contribution >= 0.6 is 11.6 Å². The smallest absolute Gasteiger partial charge is 0.225 e. The van der Waals surface area contributed by atoms with Gasteiger partial charge in [0.05, 0.1) is 25.1 Å². The van der Waals surface area contributed by atoms with Gasteiger partial charge in [-0.05, 0) is 30.3 Å². The van der Waals surface area contributed by atoms with Gasteiger partial charge in [0.15, 0.2) is 0 Å². The van der Waals surface area contributed by atoms with Gasteiger partial charge < -0.3 is 14.5 Å². The number of hydrogen-bond acceptors (Lipinski definition) is 4. The van der Waals surface area contributed by atoms with Crippen molar-refractivity contribution in [3.05, 3.63) is 53.2 Å². The van der Waals surface area contributed by atoms with E-state index in [0.29, 0.717) is 26.2 Å². The SMILES string of the molecule is COCCN(CCC(=O)Nc1ccc(Cl)cc1F)Cc1ccco1. The van der Waals surface area contributed by atoms with Crippen molar-refractivity contribution >= 4 is 23.2 Å². The molecular formula is C17H20ClFN2O3. The molecule has 2 aromatic rings. The first-order valence-corrected chi connectivity index (χ1v) is 7.95. The molecule has 0 atom stereocenters. The van der Waals surface area contributed by atoms with Crippen LogP contribution in [0.4, 0.5) is 10.1 Å². The summed E-state index contributed by atoms with van der Waals surface area (Å²) < 4.78 is 24.1. The normalized spacial score (nSPS) is 11.0. The summed E-state index contributed by atoms with van der Waals surface area (Å²) in [6.45, 7) is 2.30. The van der Waals surface area contributed by atoms with Crippen LogP contribution in [0.3, 0.4) is 0 Å². The third-order valence-electron chi connectivity index (χ3n) is 3.43. The van der Waals surface area contributed by atoms with Gasteiger partial charge in [-0.3, -0.25) is 9.69 Å². The van der Waals surface area contributed by atoms with Crippen molar-refractivity contribution in [3.8, 4) is 0 Å². The molecule has 0 saturated heterocycles. The van der Waals surface area contributed by atoms with E-state index in [0.717, 1.165) is 5.76 Å². The van der Waals surface area contributed by atoms with Gasteiger partial charge in [0.1, 0.15) is 11.6 Å². The Morgan fingerprint density at radius 3 is 2.88 bits per heavy atom. The second-order valence-corrected chi connectivity index (χ2v) is 5.71. The lowest BCUT2D eigenvalue weighted by atomic mass is 10.2. The first-order valence-electron chi connectivity index (χ1n) is 7.57. The van der Waals surface area contributed by atoms with E-state index in [-0.39, 0.29) is 23.0 Å². The number of nitrogens with zero attached hydrogens (tertiary/aromatic N) is 1. The zero-order valence-electron chi connectivity index (χ0n) is 13.4. The highest BCUT2D eigenvalue weighted by Gasteiger charge is 2.12. The highest BCUT2D eigenvalue weighted by molar-refractivity contribution is 6.30. The van der Waals surface area contributed by atoms with Crippen LogP contribution < -0.4 is 5.32 Å². The fraction of sp³-hybridized carbons (Fsp3) is 0.353. The van der Waals surface area contributed by atoms with Crippen molar-refractivity contribution in [1.29, 1.82) is 0 Å². The zero-order valence-corrected chi connectivity index (χ0v) is 14.2. The number of rotatable bonds is 9. The first-order chi connectivity index (χ1) is 11.6. The van der Waals surface area contributed by atoms with Crippen LogP contribution in [0.15, 0.2) is 41.0 Å². The van der Waals surface area contributed by atoms with E-state index in [1.165, 1.54) is 18.2 Å². The molecule has 0 radical (unpaired) electrons. The number of carbonyl (C=O) groups excluding carboxylic acids is 1. The summed E-state index contributed by atoms with van der Waals surface area (Å²) in [5.74, 6) is -0.00369. The summed E-state index contributed by atoms with van der Waals surface area (Å²) >= 11 is 5.69. The van der Waals surface area contributed by atoms with Crippen LogP contribution in [0.2, 0.25) is 5.02 Å². The average molecular weight is 355 g/mol. The summed E-state index contributed by atoms with van der Waals surface area (Å²) in [5, 5.41) is 2.84. The summed E-state index contributed by atoms with van der Waals surface area (Å²) in [7, 11) is 1.63. The van der Waals surface area contributed by atoms with Crippen LogP contribution in [0.1, 0.15) is 12.2 Å². The van der Waals surface area contributed by atoms with Crippen molar-refractivity contribution in [2.45, 2.75) is 13.0 Å². The molecule has 130 valence electrons. The predicted octanol–water partition coefficient (Wildman–Crippen LogP) is 3.55. The van der Waals surface area contributed by atoms with Gasteiger partial charge >= 0.3 is 0 Å². The Morgan fingerprint density at radius 1 is 1.38 bits per heavy atom. The topological polar surface area (TPSA) is 54.7 Å². The monoisotopic (exact) mass is 354 g/mol. The Kier molecular flexibility index (Phi) is 7.24. The molecule has 5 nitrogen and oxygen atoms in total. The highest BCUT2D eigenvalue weighted by Crippen LogP contribution is 2.19. The summed E-state index contributed by atoms with van der Waals surface area (Å²) in [5.41, 5.74) is 0.124. The molecule has 1 aromatic carbocycles. The number of furan rings is 1. The van der Waals surface area contributed by atoms with E-state index in [2.05, 4.69) is 5.32 Å². The van der Waals surface area contributed by atoms with Gasteiger partial charge in [0.25, 0.3) is 0 Å². The van der Waals surface area contributed by atoms with E-state index < -0.39 is 5.82 Å². The van der Waals surface area contributed by atoms with Crippen LogP contribution in [-0.2, 0) is 16.1 Å². The highest BCUT2D eigenvalue weighted by atomic mass is 35.5. The summed E-state index contributed by atoms with van der Waals surface area (Å²) in [4.78, 5) is 14.1. The molecule has 24 heavy (non-hydrogen) atoms. The molecule has 0 aliphatic heterocycles. The summed E-state index contributed by atoms with van der Waals surface area (Å²) in [6.07, 6.45) is 1.84. The number of anilines is 1. The minimum Gasteiger partial charge on any atom is -0.468 e. The fourth-order valence-electron chi connectivity index (χ4n) is 2.18. The van der Waals surface area contributed by atoms with E-state index in [4.69, 9.17) is 20.8 Å². The van der Waals surface area contributed by atoms with Crippen LogP contribution in [0.25, 0.3) is 0 Å². The quantitative estimate of drug-likeness (QED) is 0.748. The molecule has 0 bridgehead atoms. The van der Waals surface area contributed by atoms with E-state index in [9.17, 15) is 9.18 Å². The molecule has 0 spiro atoms. The zero-order chi connectivity index (χ0) is 17.4. The molecule has 1 N–H and O–H groups in total. The number of nitrogens with one attached hydrogen (secondary N) is 1. The first kappa shape index (κ1) is 18.4. The van der Waals surface area contributed by atoms with Crippen molar-refractivity contribution in [2.75, 3.05) is 32.1 Å². The maximum absolute atomic E-state index is 13.7. The minimum atomic E-state index is -0.553. The Hall–Kier alpha value is -1.89. The van der Waals surface area contributed by atoms with Gasteiger partial charge in [-0.15, -0.1) is 0 Å². The number of benzene rings is 1. The number of amides is 1. The van der Waals surface area contributed by atoms with Crippen molar-refractivity contribution < 1.29 is 18.3 Å². The molecule has 1 aromatic heterocycles. The molecule has 7 heteroatoms. The Balaban J connectivity index is 1.86. The van der Waals surface area contributed by atoms with Crippen LogP contribution in [0, 0.1) is 5.82 Å². The standard InChI is InChI=1S/C17H20ClFN2O3/c1-23-10-8-21(12-14-3-2-9-24-14)7-6-17(22)20-16-5-4-13(18)11-15(16)19/h2-5,9,11H,6-8,10,12H2,1H3,(H,20,22). The predicted molar refractivity (Wildman–Crippen MR) is 90.5 cm³/mol.